The Morgan fingerprint density at radius 1 is 0.824 bits per heavy atom. The molecule has 0 N–H and O–H groups in total. The van der Waals surface area contributed by atoms with Crippen LogP contribution in [0.15, 0.2) is 12.1 Å². The Morgan fingerprint density at radius 2 is 1.47 bits per heavy atom. The number of benzene rings is 1. The topological polar surface area (TPSA) is 0 Å². The quantitative estimate of drug-likeness (QED) is 0.591. The fraction of sp³-hybridized carbons (Fsp3) is 0.647. The highest BCUT2D eigenvalue weighted by Crippen LogP contribution is 2.31. The number of aryl methyl sites for hydroxylation is 3. The first kappa shape index (κ1) is 14.3. The molecule has 1 aromatic rings. The van der Waals surface area contributed by atoms with Crippen LogP contribution in [0.2, 0.25) is 0 Å². The molecule has 17 heavy (non-hydrogen) atoms. The Hall–Kier alpha value is -0.780. The van der Waals surface area contributed by atoms with Crippen LogP contribution in [0.3, 0.4) is 0 Å². The minimum atomic E-state index is 0.777. The van der Waals surface area contributed by atoms with Crippen LogP contribution in [0.4, 0.5) is 0 Å². The summed E-state index contributed by atoms with van der Waals surface area (Å²) in [5.74, 6) is 0.777. The Morgan fingerprint density at radius 3 is 2.06 bits per heavy atom. The molecule has 0 bridgehead atoms. The van der Waals surface area contributed by atoms with Crippen LogP contribution in [0.1, 0.15) is 74.1 Å². The molecule has 0 fully saturated rings. The molecule has 0 aromatic heterocycles. The molecule has 0 spiro atoms. The predicted molar refractivity (Wildman–Crippen MR) is 77.8 cm³/mol. The number of rotatable bonds is 6. The van der Waals surface area contributed by atoms with Crippen LogP contribution in [-0.4, -0.2) is 0 Å². The highest BCUT2D eigenvalue weighted by atomic mass is 14.2. The number of hydrogen-bond acceptors (Lipinski definition) is 0. The van der Waals surface area contributed by atoms with Gasteiger partial charge in [0, 0.05) is 0 Å². The third kappa shape index (κ3) is 3.87. The summed E-state index contributed by atoms with van der Waals surface area (Å²) in [4.78, 5) is 0. The largest absolute Gasteiger partial charge is 0.0654 e. The van der Waals surface area contributed by atoms with Crippen LogP contribution >= 0.6 is 0 Å². The van der Waals surface area contributed by atoms with Crippen molar-refractivity contribution in [3.8, 4) is 0 Å². The predicted octanol–water partition coefficient (Wildman–Crippen LogP) is 5.69. The second-order valence-corrected chi connectivity index (χ2v) is 5.42. The van der Waals surface area contributed by atoms with E-state index in [1.54, 1.807) is 5.56 Å². The van der Waals surface area contributed by atoms with E-state index in [1.165, 1.54) is 48.8 Å². The van der Waals surface area contributed by atoms with E-state index in [1.807, 2.05) is 0 Å². The van der Waals surface area contributed by atoms with Crippen LogP contribution in [0, 0.1) is 20.8 Å². The Balaban J connectivity index is 2.96. The van der Waals surface area contributed by atoms with E-state index in [-0.39, 0.29) is 0 Å². The Kier molecular flexibility index (Phi) is 5.74. The van der Waals surface area contributed by atoms with Gasteiger partial charge in [-0.2, -0.15) is 0 Å². The molecule has 0 amide bonds. The van der Waals surface area contributed by atoms with Gasteiger partial charge in [-0.3, -0.25) is 0 Å². The molecule has 1 unspecified atom stereocenters. The van der Waals surface area contributed by atoms with Gasteiger partial charge in [0.25, 0.3) is 0 Å². The molecule has 0 saturated heterocycles. The highest BCUT2D eigenvalue weighted by Gasteiger charge is 2.13. The summed E-state index contributed by atoms with van der Waals surface area (Å²) in [6.07, 6.45) is 6.65. The fourth-order valence-corrected chi connectivity index (χ4v) is 2.68. The third-order valence-electron chi connectivity index (χ3n) is 3.87. The molecule has 1 atom stereocenters. The van der Waals surface area contributed by atoms with Gasteiger partial charge < -0.3 is 0 Å². The van der Waals surface area contributed by atoms with Crippen molar-refractivity contribution in [3.63, 3.8) is 0 Å². The lowest BCUT2D eigenvalue weighted by atomic mass is 9.85. The van der Waals surface area contributed by atoms with Crippen LogP contribution in [-0.2, 0) is 0 Å². The summed E-state index contributed by atoms with van der Waals surface area (Å²) >= 11 is 0. The van der Waals surface area contributed by atoms with E-state index in [4.69, 9.17) is 0 Å². The minimum Gasteiger partial charge on any atom is -0.0654 e. The normalized spacial score (nSPS) is 12.8. The summed E-state index contributed by atoms with van der Waals surface area (Å²) in [5.41, 5.74) is 5.96. The van der Waals surface area contributed by atoms with Crippen molar-refractivity contribution < 1.29 is 0 Å². The van der Waals surface area contributed by atoms with Crippen LogP contribution in [0.25, 0.3) is 0 Å². The summed E-state index contributed by atoms with van der Waals surface area (Å²) in [5, 5.41) is 0. The molecule has 1 aromatic carbocycles. The van der Waals surface area contributed by atoms with Gasteiger partial charge in [0.05, 0.1) is 0 Å². The Labute approximate surface area is 107 Å². The lowest BCUT2D eigenvalue weighted by molar-refractivity contribution is 0.539. The van der Waals surface area contributed by atoms with E-state index in [2.05, 4.69) is 46.8 Å². The van der Waals surface area contributed by atoms with E-state index in [0.717, 1.165) is 5.92 Å². The van der Waals surface area contributed by atoms with E-state index < -0.39 is 0 Å². The van der Waals surface area contributed by atoms with E-state index in [0.29, 0.717) is 0 Å². The first-order valence-electron chi connectivity index (χ1n) is 7.17. The van der Waals surface area contributed by atoms with Gasteiger partial charge in [0.15, 0.2) is 0 Å². The van der Waals surface area contributed by atoms with Crippen LogP contribution < -0.4 is 0 Å². The van der Waals surface area contributed by atoms with Crippen molar-refractivity contribution in [2.75, 3.05) is 0 Å². The zero-order valence-corrected chi connectivity index (χ0v) is 12.3. The van der Waals surface area contributed by atoms with Gasteiger partial charge >= 0.3 is 0 Å². The molecular weight excluding hydrogens is 204 g/mol. The average molecular weight is 232 g/mol. The molecule has 0 aliphatic heterocycles. The lowest BCUT2D eigenvalue weighted by Gasteiger charge is -2.20. The zero-order chi connectivity index (χ0) is 12.8. The smallest absolute Gasteiger partial charge is 0.0159 e. The van der Waals surface area contributed by atoms with E-state index in [9.17, 15) is 0 Å². The molecule has 0 saturated carbocycles. The monoisotopic (exact) mass is 232 g/mol. The van der Waals surface area contributed by atoms with Gasteiger partial charge in [-0.05, 0) is 61.8 Å². The molecule has 0 aliphatic carbocycles. The molecule has 96 valence electrons. The van der Waals surface area contributed by atoms with Crippen molar-refractivity contribution >= 4 is 0 Å². The fourth-order valence-electron chi connectivity index (χ4n) is 2.68. The van der Waals surface area contributed by atoms with Crippen molar-refractivity contribution in [2.45, 2.75) is 72.6 Å². The highest BCUT2D eigenvalue weighted by molar-refractivity contribution is 5.38. The standard InChI is InChI=1S/C17H28/c1-6-8-10-16(9-7-2)17-12-14(4)13(3)11-15(17)5/h11-12,16H,6-10H2,1-5H3. The van der Waals surface area contributed by atoms with Crippen molar-refractivity contribution in [2.24, 2.45) is 0 Å². The molecule has 0 radical (unpaired) electrons. The van der Waals surface area contributed by atoms with Crippen molar-refractivity contribution in [3.05, 3.63) is 34.4 Å². The van der Waals surface area contributed by atoms with Crippen molar-refractivity contribution in [1.82, 2.24) is 0 Å². The first-order valence-corrected chi connectivity index (χ1v) is 7.17. The first-order chi connectivity index (χ1) is 8.10. The molecule has 1 rings (SSSR count). The second kappa shape index (κ2) is 6.83. The average Bonchev–Trinajstić information content (AvgIpc) is 2.29. The van der Waals surface area contributed by atoms with E-state index >= 15 is 0 Å². The minimum absolute atomic E-state index is 0.777. The number of hydrogen-bond donors (Lipinski definition) is 0. The lowest BCUT2D eigenvalue weighted by Crippen LogP contribution is -2.03. The zero-order valence-electron chi connectivity index (χ0n) is 12.3. The van der Waals surface area contributed by atoms with Gasteiger partial charge in [-0.25, -0.2) is 0 Å². The molecule has 0 heterocycles. The van der Waals surface area contributed by atoms with Gasteiger partial charge in [-0.1, -0.05) is 45.2 Å². The third-order valence-corrected chi connectivity index (χ3v) is 3.87. The maximum Gasteiger partial charge on any atom is -0.0159 e. The maximum atomic E-state index is 2.43. The van der Waals surface area contributed by atoms with Crippen molar-refractivity contribution in [1.29, 1.82) is 0 Å². The molecule has 0 heteroatoms. The summed E-state index contributed by atoms with van der Waals surface area (Å²) < 4.78 is 0. The summed E-state index contributed by atoms with van der Waals surface area (Å²) in [7, 11) is 0. The molecular formula is C17H28. The van der Waals surface area contributed by atoms with Gasteiger partial charge in [0.1, 0.15) is 0 Å². The van der Waals surface area contributed by atoms with Gasteiger partial charge in [-0.15, -0.1) is 0 Å². The second-order valence-electron chi connectivity index (χ2n) is 5.42. The Bertz CT molecular complexity index is 349. The number of unbranched alkanes of at least 4 members (excludes halogenated alkanes) is 1. The SMILES string of the molecule is CCCCC(CCC)c1cc(C)c(C)cc1C. The summed E-state index contributed by atoms with van der Waals surface area (Å²) in [6, 6.07) is 4.79. The van der Waals surface area contributed by atoms with Crippen LogP contribution in [0.5, 0.6) is 0 Å². The summed E-state index contributed by atoms with van der Waals surface area (Å²) in [6.45, 7) is 11.3. The maximum absolute atomic E-state index is 2.43. The molecule has 0 nitrogen and oxygen atoms in total. The molecule has 0 aliphatic rings. The van der Waals surface area contributed by atoms with Gasteiger partial charge in [0.2, 0.25) is 0 Å².